The lowest BCUT2D eigenvalue weighted by Crippen LogP contribution is -2.23. The third-order valence-electron chi connectivity index (χ3n) is 3.63. The van der Waals surface area contributed by atoms with E-state index in [1.54, 1.807) is 0 Å². The van der Waals surface area contributed by atoms with Gasteiger partial charge in [-0.25, -0.2) is 4.79 Å². The van der Waals surface area contributed by atoms with E-state index in [9.17, 15) is 4.79 Å². The molecule has 94 valence electrons. The van der Waals surface area contributed by atoms with Crippen molar-refractivity contribution >= 4 is 5.97 Å². The Labute approximate surface area is 102 Å². The Hall–Kier alpha value is -1.29. The number of nitrogens with two attached hydrogens (primary N) is 1. The monoisotopic (exact) mass is 236 g/mol. The van der Waals surface area contributed by atoms with E-state index < -0.39 is 0 Å². The first-order valence-corrected chi connectivity index (χ1v) is 6.10. The second-order valence-electron chi connectivity index (χ2n) is 4.76. The minimum absolute atomic E-state index is 0.114. The molecule has 2 atom stereocenters. The van der Waals surface area contributed by atoms with Crippen LogP contribution in [0.1, 0.15) is 48.8 Å². The van der Waals surface area contributed by atoms with Crippen molar-refractivity contribution < 1.29 is 9.53 Å². The molecule has 0 fully saturated rings. The van der Waals surface area contributed by atoms with Gasteiger partial charge in [0, 0.05) is 17.4 Å². The molecule has 2 N–H and O–H groups in total. The van der Waals surface area contributed by atoms with Gasteiger partial charge in [-0.1, -0.05) is 0 Å². The van der Waals surface area contributed by atoms with Crippen molar-refractivity contribution in [3.8, 4) is 0 Å². The average molecular weight is 236 g/mol. The van der Waals surface area contributed by atoms with E-state index >= 15 is 0 Å². The predicted molar refractivity (Wildman–Crippen MR) is 65.8 cm³/mol. The highest BCUT2D eigenvalue weighted by atomic mass is 16.5. The smallest absolute Gasteiger partial charge is 0.328 e. The molecule has 1 aliphatic carbocycles. The first-order valence-electron chi connectivity index (χ1n) is 6.10. The summed E-state index contributed by atoms with van der Waals surface area (Å²) in [5.41, 5.74) is 9.60. The molecule has 1 aromatic rings. The molecule has 4 nitrogen and oxygen atoms in total. The maximum absolute atomic E-state index is 11.7. The van der Waals surface area contributed by atoms with Crippen LogP contribution in [0.2, 0.25) is 0 Å². The Morgan fingerprint density at radius 3 is 3.00 bits per heavy atom. The van der Waals surface area contributed by atoms with Crippen LogP contribution in [0.5, 0.6) is 0 Å². The number of rotatable bonds is 2. The number of fused-ring (bicyclic) bond motifs is 1. The van der Waals surface area contributed by atoms with E-state index in [0.29, 0.717) is 0 Å². The second kappa shape index (κ2) is 4.53. The fourth-order valence-electron chi connectivity index (χ4n) is 2.78. The lowest BCUT2D eigenvalue weighted by molar-refractivity contribution is -0.144. The van der Waals surface area contributed by atoms with Crippen molar-refractivity contribution in [3.63, 3.8) is 0 Å². The zero-order valence-corrected chi connectivity index (χ0v) is 10.7. The topological polar surface area (TPSA) is 57.2 Å². The molecule has 0 spiro atoms. The number of carbonyl (C=O) groups excluding carboxylic acids is 1. The molecule has 2 rings (SSSR count). The number of carbonyl (C=O) groups is 1. The molecule has 0 aliphatic heterocycles. The van der Waals surface area contributed by atoms with E-state index in [-0.39, 0.29) is 18.1 Å². The molecule has 0 saturated heterocycles. The highest BCUT2D eigenvalue weighted by molar-refractivity contribution is 5.74. The van der Waals surface area contributed by atoms with Crippen LogP contribution in [0.15, 0.2) is 6.07 Å². The maximum Gasteiger partial charge on any atom is 0.328 e. The standard InChI is InChI=1S/C13H20N2O2/c1-8-7-10-11(14)5-4-6-12(10)15(8)9(2)13(16)17-3/h7,9,11H,4-6,14H2,1-3H3. The van der Waals surface area contributed by atoms with Gasteiger partial charge >= 0.3 is 5.97 Å². The van der Waals surface area contributed by atoms with E-state index in [1.165, 1.54) is 18.4 Å². The Morgan fingerprint density at radius 2 is 2.35 bits per heavy atom. The van der Waals surface area contributed by atoms with Crippen molar-refractivity contribution in [2.75, 3.05) is 7.11 Å². The van der Waals surface area contributed by atoms with Gasteiger partial charge in [-0.05, 0) is 44.7 Å². The highest BCUT2D eigenvalue weighted by Crippen LogP contribution is 2.32. The van der Waals surface area contributed by atoms with Gasteiger partial charge in [-0.15, -0.1) is 0 Å². The molecule has 17 heavy (non-hydrogen) atoms. The summed E-state index contributed by atoms with van der Waals surface area (Å²) < 4.78 is 6.89. The Balaban J connectivity index is 2.44. The SMILES string of the molecule is COC(=O)C(C)n1c(C)cc2c1CCCC2N. The zero-order chi connectivity index (χ0) is 12.6. The molecular weight excluding hydrogens is 216 g/mol. The fraction of sp³-hybridized carbons (Fsp3) is 0.615. The summed E-state index contributed by atoms with van der Waals surface area (Å²) in [6.07, 6.45) is 3.12. The number of esters is 1. The molecule has 0 bridgehead atoms. The van der Waals surface area contributed by atoms with Crippen molar-refractivity contribution in [2.45, 2.75) is 45.2 Å². The molecule has 2 unspecified atom stereocenters. The predicted octanol–water partition coefficient (Wildman–Crippen LogP) is 1.87. The molecule has 4 heteroatoms. The van der Waals surface area contributed by atoms with Crippen LogP contribution in [0.3, 0.4) is 0 Å². The summed E-state index contributed by atoms with van der Waals surface area (Å²) in [6, 6.07) is 1.95. The fourth-order valence-corrected chi connectivity index (χ4v) is 2.78. The zero-order valence-electron chi connectivity index (χ0n) is 10.7. The van der Waals surface area contributed by atoms with E-state index in [1.807, 2.05) is 13.8 Å². The third-order valence-corrected chi connectivity index (χ3v) is 3.63. The van der Waals surface area contributed by atoms with Crippen molar-refractivity contribution in [2.24, 2.45) is 5.73 Å². The van der Waals surface area contributed by atoms with E-state index in [4.69, 9.17) is 10.5 Å². The number of ether oxygens (including phenoxy) is 1. The van der Waals surface area contributed by atoms with E-state index in [0.717, 1.165) is 25.0 Å². The highest BCUT2D eigenvalue weighted by Gasteiger charge is 2.26. The minimum atomic E-state index is -0.269. The normalized spacial score (nSPS) is 20.8. The van der Waals surface area contributed by atoms with Crippen LogP contribution < -0.4 is 5.73 Å². The minimum Gasteiger partial charge on any atom is -0.467 e. The third kappa shape index (κ3) is 1.97. The van der Waals surface area contributed by atoms with Gasteiger partial charge < -0.3 is 15.0 Å². The number of nitrogens with zero attached hydrogens (tertiary/aromatic N) is 1. The van der Waals surface area contributed by atoms with Crippen LogP contribution in [0.25, 0.3) is 0 Å². The van der Waals surface area contributed by atoms with Gasteiger partial charge in [0.25, 0.3) is 0 Å². The molecule has 0 amide bonds. The van der Waals surface area contributed by atoms with E-state index in [2.05, 4.69) is 10.6 Å². The van der Waals surface area contributed by atoms with Gasteiger partial charge in [0.1, 0.15) is 6.04 Å². The van der Waals surface area contributed by atoms with Crippen molar-refractivity contribution in [3.05, 3.63) is 23.0 Å². The lowest BCUT2D eigenvalue weighted by atomic mass is 9.93. The summed E-state index contributed by atoms with van der Waals surface area (Å²) >= 11 is 0. The van der Waals surface area contributed by atoms with Gasteiger partial charge in [0.15, 0.2) is 0 Å². The van der Waals surface area contributed by atoms with Crippen LogP contribution >= 0.6 is 0 Å². The summed E-state index contributed by atoms with van der Waals surface area (Å²) in [7, 11) is 1.43. The summed E-state index contributed by atoms with van der Waals surface area (Å²) in [5, 5.41) is 0. The van der Waals surface area contributed by atoms with Crippen molar-refractivity contribution in [1.29, 1.82) is 0 Å². The van der Waals surface area contributed by atoms with Gasteiger partial charge in [-0.3, -0.25) is 0 Å². The molecule has 0 radical (unpaired) electrons. The Kier molecular flexibility index (Phi) is 3.24. The second-order valence-corrected chi connectivity index (χ2v) is 4.76. The Bertz CT molecular complexity index is 437. The number of hydrogen-bond donors (Lipinski definition) is 1. The number of hydrogen-bond acceptors (Lipinski definition) is 3. The number of methoxy groups -OCH3 is 1. The van der Waals surface area contributed by atoms with Gasteiger partial charge in [0.05, 0.1) is 7.11 Å². The first kappa shape index (κ1) is 12.2. The first-order chi connectivity index (χ1) is 8.06. The Morgan fingerprint density at radius 1 is 1.65 bits per heavy atom. The molecule has 0 saturated carbocycles. The molecule has 0 aromatic carbocycles. The number of aryl methyl sites for hydroxylation is 1. The largest absolute Gasteiger partial charge is 0.467 e. The van der Waals surface area contributed by atoms with Gasteiger partial charge in [0.2, 0.25) is 0 Å². The summed E-state index contributed by atoms with van der Waals surface area (Å²) in [4.78, 5) is 11.7. The lowest BCUT2D eigenvalue weighted by Gasteiger charge is -2.23. The maximum atomic E-state index is 11.7. The van der Waals surface area contributed by atoms with Crippen LogP contribution in [0, 0.1) is 6.92 Å². The molecule has 1 aromatic heterocycles. The van der Waals surface area contributed by atoms with Crippen LogP contribution in [-0.2, 0) is 16.0 Å². The van der Waals surface area contributed by atoms with Crippen molar-refractivity contribution in [1.82, 2.24) is 4.57 Å². The van der Waals surface area contributed by atoms with Crippen LogP contribution in [-0.4, -0.2) is 17.6 Å². The molecule has 1 heterocycles. The molecule has 1 aliphatic rings. The summed E-state index contributed by atoms with van der Waals surface area (Å²) in [6.45, 7) is 3.89. The average Bonchev–Trinajstić information content (AvgIpc) is 2.65. The number of aromatic nitrogens is 1. The van der Waals surface area contributed by atoms with Gasteiger partial charge in [-0.2, -0.15) is 0 Å². The van der Waals surface area contributed by atoms with Crippen LogP contribution in [0.4, 0.5) is 0 Å². The molecular formula is C13H20N2O2. The summed E-state index contributed by atoms with van der Waals surface area (Å²) in [5.74, 6) is -0.203. The quantitative estimate of drug-likeness (QED) is 0.797.